The first-order chi connectivity index (χ1) is 15.2. The molecule has 0 aromatic heterocycles. The summed E-state index contributed by atoms with van der Waals surface area (Å²) >= 11 is 6.59. The van der Waals surface area contributed by atoms with Crippen LogP contribution in [0, 0.1) is 5.41 Å². The summed E-state index contributed by atoms with van der Waals surface area (Å²) in [6.07, 6.45) is 1.16. The average Bonchev–Trinajstić information content (AvgIpc) is 2.72. The molecule has 6 heteroatoms. The van der Waals surface area contributed by atoms with Crippen molar-refractivity contribution in [2.75, 3.05) is 12.4 Å². The number of ether oxygens (including phenoxy) is 1. The van der Waals surface area contributed by atoms with Crippen LogP contribution in [0.25, 0.3) is 0 Å². The van der Waals surface area contributed by atoms with Crippen LogP contribution >= 0.6 is 11.6 Å². The van der Waals surface area contributed by atoms with Crippen molar-refractivity contribution in [1.29, 1.82) is 0 Å². The van der Waals surface area contributed by atoms with Crippen LogP contribution in [0.1, 0.15) is 45.1 Å². The van der Waals surface area contributed by atoms with E-state index in [4.69, 9.17) is 16.3 Å². The van der Waals surface area contributed by atoms with E-state index in [1.165, 1.54) is 0 Å². The number of para-hydroxylation sites is 2. The van der Waals surface area contributed by atoms with Gasteiger partial charge in [-0.25, -0.2) is 0 Å². The number of nitrogens with one attached hydrogen (secondary N) is 2. The summed E-state index contributed by atoms with van der Waals surface area (Å²) in [7, 11) is 1.56. The molecule has 5 nitrogen and oxygen atoms in total. The molecular formula is C26H27ClN2O3. The van der Waals surface area contributed by atoms with Gasteiger partial charge in [0.15, 0.2) is 5.78 Å². The summed E-state index contributed by atoms with van der Waals surface area (Å²) in [5.41, 5.74) is 3.87. The molecule has 0 spiro atoms. The molecule has 0 saturated carbocycles. The number of Topliss-reactive ketones (excluding diaryl/α,β-unsaturated/α-hetero) is 1. The molecule has 2 aromatic rings. The number of carbonyl (C=O) groups is 2. The number of allylic oxidation sites excluding steroid dienone is 3. The van der Waals surface area contributed by atoms with Crippen molar-refractivity contribution >= 4 is 29.0 Å². The van der Waals surface area contributed by atoms with Gasteiger partial charge in [-0.2, -0.15) is 0 Å². The van der Waals surface area contributed by atoms with E-state index in [1.54, 1.807) is 25.3 Å². The lowest BCUT2D eigenvalue weighted by atomic mass is 9.68. The number of methoxy groups -OCH3 is 1. The minimum absolute atomic E-state index is 0.0451. The molecule has 2 N–H and O–H groups in total. The Morgan fingerprint density at radius 1 is 1.12 bits per heavy atom. The molecule has 32 heavy (non-hydrogen) atoms. The molecule has 1 atom stereocenters. The quantitative estimate of drug-likeness (QED) is 0.637. The van der Waals surface area contributed by atoms with E-state index in [2.05, 4.69) is 24.5 Å². The summed E-state index contributed by atoms with van der Waals surface area (Å²) in [4.78, 5) is 27.0. The van der Waals surface area contributed by atoms with E-state index in [0.717, 1.165) is 17.7 Å². The van der Waals surface area contributed by atoms with Gasteiger partial charge in [-0.3, -0.25) is 9.59 Å². The summed E-state index contributed by atoms with van der Waals surface area (Å²) in [5.74, 6) is -0.233. The van der Waals surface area contributed by atoms with E-state index in [9.17, 15) is 9.59 Å². The molecule has 1 heterocycles. The number of amides is 1. The maximum atomic E-state index is 13.6. The maximum absolute atomic E-state index is 13.6. The monoisotopic (exact) mass is 450 g/mol. The van der Waals surface area contributed by atoms with Crippen molar-refractivity contribution in [2.45, 2.75) is 39.5 Å². The summed E-state index contributed by atoms with van der Waals surface area (Å²) < 4.78 is 5.39. The zero-order chi connectivity index (χ0) is 23.0. The van der Waals surface area contributed by atoms with Crippen LogP contribution in [-0.4, -0.2) is 18.8 Å². The third kappa shape index (κ3) is 4.05. The molecule has 4 rings (SSSR count). The Balaban J connectivity index is 1.83. The number of benzene rings is 2. The highest BCUT2D eigenvalue weighted by Gasteiger charge is 2.43. The normalized spacial score (nSPS) is 19.9. The summed E-state index contributed by atoms with van der Waals surface area (Å²) in [6, 6.07) is 14.7. The molecule has 1 unspecified atom stereocenters. The van der Waals surface area contributed by atoms with Gasteiger partial charge in [0.1, 0.15) is 5.75 Å². The number of rotatable bonds is 4. The van der Waals surface area contributed by atoms with Gasteiger partial charge in [0, 0.05) is 39.9 Å². The molecule has 0 fully saturated rings. The fourth-order valence-electron chi connectivity index (χ4n) is 4.69. The molecule has 2 aromatic carbocycles. The number of dihydropyridines is 1. The highest BCUT2D eigenvalue weighted by molar-refractivity contribution is 6.31. The SMILES string of the molecule is COc1ccccc1NC(=O)C1=C(C)NC2=C(C(=O)CC(C)(C)C2)C1c1ccccc1Cl. The number of hydrogen-bond donors (Lipinski definition) is 2. The third-order valence-electron chi connectivity index (χ3n) is 6.06. The van der Waals surface area contributed by atoms with Gasteiger partial charge in [0.05, 0.1) is 12.8 Å². The number of carbonyl (C=O) groups excluding carboxylic acids is 2. The van der Waals surface area contributed by atoms with Gasteiger partial charge in [-0.15, -0.1) is 0 Å². The fourth-order valence-corrected chi connectivity index (χ4v) is 4.94. The molecule has 0 saturated heterocycles. The van der Waals surface area contributed by atoms with Gasteiger partial charge in [-0.1, -0.05) is 55.8 Å². The molecule has 0 radical (unpaired) electrons. The van der Waals surface area contributed by atoms with Crippen LogP contribution in [-0.2, 0) is 9.59 Å². The van der Waals surface area contributed by atoms with Crippen LogP contribution in [0.2, 0.25) is 5.02 Å². The lowest BCUT2D eigenvalue weighted by Crippen LogP contribution is -2.39. The Morgan fingerprint density at radius 3 is 2.53 bits per heavy atom. The number of ketones is 1. The van der Waals surface area contributed by atoms with Crippen LogP contribution in [0.4, 0.5) is 5.69 Å². The number of anilines is 1. The van der Waals surface area contributed by atoms with Crippen molar-refractivity contribution in [3.05, 3.63) is 81.7 Å². The maximum Gasteiger partial charge on any atom is 0.254 e. The third-order valence-corrected chi connectivity index (χ3v) is 6.40. The van der Waals surface area contributed by atoms with Crippen molar-refractivity contribution in [3.63, 3.8) is 0 Å². The molecule has 166 valence electrons. The number of hydrogen-bond acceptors (Lipinski definition) is 4. The highest BCUT2D eigenvalue weighted by Crippen LogP contribution is 2.48. The Morgan fingerprint density at radius 2 is 1.81 bits per heavy atom. The first kappa shape index (κ1) is 22.2. The fraction of sp³-hybridized carbons (Fsp3) is 0.308. The summed E-state index contributed by atoms with van der Waals surface area (Å²) in [5, 5.41) is 6.87. The van der Waals surface area contributed by atoms with Crippen LogP contribution in [0.15, 0.2) is 71.1 Å². The van der Waals surface area contributed by atoms with Gasteiger partial charge >= 0.3 is 0 Å². The van der Waals surface area contributed by atoms with E-state index >= 15 is 0 Å². The van der Waals surface area contributed by atoms with E-state index in [-0.39, 0.29) is 17.1 Å². The minimum Gasteiger partial charge on any atom is -0.495 e. The largest absolute Gasteiger partial charge is 0.495 e. The topological polar surface area (TPSA) is 67.4 Å². The number of halogens is 1. The predicted molar refractivity (Wildman–Crippen MR) is 127 cm³/mol. The Labute approximate surface area is 193 Å². The van der Waals surface area contributed by atoms with E-state index in [0.29, 0.717) is 39.7 Å². The average molecular weight is 451 g/mol. The molecule has 0 bridgehead atoms. The molecule has 1 aliphatic carbocycles. The van der Waals surface area contributed by atoms with Crippen LogP contribution < -0.4 is 15.4 Å². The second kappa shape index (κ2) is 8.47. The first-order valence-corrected chi connectivity index (χ1v) is 11.0. The molecule has 1 aliphatic heterocycles. The van der Waals surface area contributed by atoms with Gasteiger partial charge < -0.3 is 15.4 Å². The van der Waals surface area contributed by atoms with Crippen LogP contribution in [0.5, 0.6) is 5.75 Å². The Kier molecular flexibility index (Phi) is 5.87. The second-order valence-corrected chi connectivity index (χ2v) is 9.51. The Hall–Kier alpha value is -3.05. The van der Waals surface area contributed by atoms with Crippen molar-refractivity contribution in [3.8, 4) is 5.75 Å². The van der Waals surface area contributed by atoms with Gasteiger partial charge in [-0.05, 0) is 42.5 Å². The smallest absolute Gasteiger partial charge is 0.254 e. The lowest BCUT2D eigenvalue weighted by Gasteiger charge is -2.39. The van der Waals surface area contributed by atoms with Crippen molar-refractivity contribution in [1.82, 2.24) is 5.32 Å². The highest BCUT2D eigenvalue weighted by atomic mass is 35.5. The van der Waals surface area contributed by atoms with E-state index in [1.807, 2.05) is 37.3 Å². The first-order valence-electron chi connectivity index (χ1n) is 10.6. The zero-order valence-corrected chi connectivity index (χ0v) is 19.5. The standard InChI is InChI=1S/C26H27ClN2O3/c1-15-22(25(31)29-18-11-7-8-12-21(18)32-4)23(16-9-5-6-10-17(16)27)24-19(28-15)13-26(2,3)14-20(24)30/h5-12,23,28H,13-14H2,1-4H3,(H,29,31). The second-order valence-electron chi connectivity index (χ2n) is 9.11. The van der Waals surface area contributed by atoms with Gasteiger partial charge in [0.25, 0.3) is 5.91 Å². The zero-order valence-electron chi connectivity index (χ0n) is 18.7. The van der Waals surface area contributed by atoms with Crippen molar-refractivity contribution < 1.29 is 14.3 Å². The molecular weight excluding hydrogens is 424 g/mol. The van der Waals surface area contributed by atoms with E-state index < -0.39 is 5.92 Å². The van der Waals surface area contributed by atoms with Crippen molar-refractivity contribution in [2.24, 2.45) is 5.41 Å². The molecule has 2 aliphatic rings. The van der Waals surface area contributed by atoms with Crippen LogP contribution in [0.3, 0.4) is 0 Å². The van der Waals surface area contributed by atoms with Gasteiger partial charge in [0.2, 0.25) is 0 Å². The summed E-state index contributed by atoms with van der Waals surface area (Å²) in [6.45, 7) is 6.05. The lowest BCUT2D eigenvalue weighted by molar-refractivity contribution is -0.118. The Bertz CT molecular complexity index is 1160. The predicted octanol–water partition coefficient (Wildman–Crippen LogP) is 5.59. The molecule has 1 amide bonds. The minimum atomic E-state index is -0.543.